The van der Waals surface area contributed by atoms with E-state index in [1.165, 1.54) is 14.2 Å². The zero-order valence-electron chi connectivity index (χ0n) is 16.9. The second-order valence-electron chi connectivity index (χ2n) is 6.53. The van der Waals surface area contributed by atoms with Gasteiger partial charge < -0.3 is 24.6 Å². The highest BCUT2D eigenvalue weighted by molar-refractivity contribution is 5.90. The van der Waals surface area contributed by atoms with Gasteiger partial charge in [-0.05, 0) is 51.1 Å². The van der Waals surface area contributed by atoms with Gasteiger partial charge in [-0.15, -0.1) is 0 Å². The first kappa shape index (κ1) is 21.7. The van der Waals surface area contributed by atoms with Gasteiger partial charge in [0.2, 0.25) is 0 Å². The van der Waals surface area contributed by atoms with Crippen molar-refractivity contribution >= 4 is 5.97 Å². The molecule has 2 rings (SSSR count). The molecule has 0 aliphatic heterocycles. The number of methoxy groups -OCH3 is 2. The van der Waals surface area contributed by atoms with E-state index in [1.807, 2.05) is 18.5 Å². The smallest absolute Gasteiger partial charge is 0.337 e. The topological polar surface area (TPSA) is 94.8 Å². The third-order valence-electron chi connectivity index (χ3n) is 4.22. The van der Waals surface area contributed by atoms with Crippen LogP contribution in [0.15, 0.2) is 24.3 Å². The molecule has 0 fully saturated rings. The summed E-state index contributed by atoms with van der Waals surface area (Å²) in [5, 5.41) is 17.7. The van der Waals surface area contributed by atoms with Crippen LogP contribution < -0.4 is 14.8 Å². The molecule has 1 unspecified atom stereocenters. The van der Waals surface area contributed by atoms with Gasteiger partial charge >= 0.3 is 5.97 Å². The highest BCUT2D eigenvalue weighted by atomic mass is 16.5. The number of ether oxygens (including phenoxy) is 3. The van der Waals surface area contributed by atoms with E-state index in [2.05, 4.69) is 21.2 Å². The van der Waals surface area contributed by atoms with Crippen LogP contribution in [0.2, 0.25) is 0 Å². The van der Waals surface area contributed by atoms with Gasteiger partial charge in [-0.25, -0.2) is 4.79 Å². The number of aliphatic hydroxyl groups excluding tert-OH is 1. The number of aliphatic hydroxyl groups is 1. The summed E-state index contributed by atoms with van der Waals surface area (Å²) >= 11 is 0. The fraction of sp³-hybridized carbons (Fsp3) is 0.500. The van der Waals surface area contributed by atoms with E-state index < -0.39 is 12.1 Å². The maximum atomic E-state index is 11.6. The van der Waals surface area contributed by atoms with Crippen molar-refractivity contribution in [2.75, 3.05) is 33.9 Å². The van der Waals surface area contributed by atoms with E-state index in [1.54, 1.807) is 18.2 Å². The Balaban J connectivity index is 1.71. The zero-order valence-corrected chi connectivity index (χ0v) is 16.9. The molecule has 2 aromatic rings. The average molecular weight is 391 g/mol. The molecule has 28 heavy (non-hydrogen) atoms. The molecule has 0 aliphatic carbocycles. The van der Waals surface area contributed by atoms with E-state index in [9.17, 15) is 9.90 Å². The molecule has 0 saturated heterocycles. The molecular weight excluding hydrogens is 362 g/mol. The lowest BCUT2D eigenvalue weighted by Crippen LogP contribution is -2.32. The Morgan fingerprint density at radius 3 is 2.68 bits per heavy atom. The van der Waals surface area contributed by atoms with Crippen molar-refractivity contribution in [2.24, 2.45) is 0 Å². The number of rotatable bonds is 11. The Labute approximate surface area is 165 Å². The van der Waals surface area contributed by atoms with Crippen LogP contribution in [0.1, 0.15) is 28.2 Å². The van der Waals surface area contributed by atoms with Gasteiger partial charge in [0.15, 0.2) is 11.5 Å². The van der Waals surface area contributed by atoms with Crippen molar-refractivity contribution in [1.29, 1.82) is 0 Å². The average Bonchev–Trinajstić information content (AvgIpc) is 3.02. The number of hydrogen-bond donors (Lipinski definition) is 2. The zero-order chi connectivity index (χ0) is 20.5. The van der Waals surface area contributed by atoms with Crippen LogP contribution in [-0.4, -0.2) is 60.9 Å². The maximum Gasteiger partial charge on any atom is 0.337 e. The Hall–Kier alpha value is -2.58. The molecule has 0 aliphatic rings. The standard InChI is InChI=1S/C20H29N3O5/c1-14-10-15(2)23(22-14)9-5-8-21-12-17(24)13-28-18-7-6-16(20(25)27-4)11-19(18)26-3/h6-7,10-11,17,21,24H,5,8-9,12-13H2,1-4H3. The lowest BCUT2D eigenvalue weighted by Gasteiger charge is -2.15. The highest BCUT2D eigenvalue weighted by Crippen LogP contribution is 2.28. The Morgan fingerprint density at radius 2 is 2.04 bits per heavy atom. The number of aryl methyl sites for hydroxylation is 3. The summed E-state index contributed by atoms with van der Waals surface area (Å²) in [4.78, 5) is 11.6. The van der Waals surface area contributed by atoms with Crippen LogP contribution in [0, 0.1) is 13.8 Å². The molecule has 0 amide bonds. The van der Waals surface area contributed by atoms with Gasteiger partial charge in [0.05, 0.1) is 25.5 Å². The van der Waals surface area contributed by atoms with Crippen molar-refractivity contribution in [3.63, 3.8) is 0 Å². The maximum absolute atomic E-state index is 11.6. The van der Waals surface area contributed by atoms with Crippen LogP contribution in [0.3, 0.4) is 0 Å². The molecule has 0 radical (unpaired) electrons. The summed E-state index contributed by atoms with van der Waals surface area (Å²) in [5.41, 5.74) is 2.54. The normalized spacial score (nSPS) is 11.9. The van der Waals surface area contributed by atoms with Gasteiger partial charge in [0, 0.05) is 18.8 Å². The first-order valence-electron chi connectivity index (χ1n) is 9.23. The first-order chi connectivity index (χ1) is 13.4. The number of hydrogen-bond acceptors (Lipinski definition) is 7. The summed E-state index contributed by atoms with van der Waals surface area (Å²) in [7, 11) is 2.81. The van der Waals surface area contributed by atoms with Gasteiger partial charge in [-0.1, -0.05) is 0 Å². The fourth-order valence-corrected chi connectivity index (χ4v) is 2.80. The number of nitrogens with one attached hydrogen (secondary N) is 1. The number of carbonyl (C=O) groups is 1. The van der Waals surface area contributed by atoms with Crippen molar-refractivity contribution in [1.82, 2.24) is 15.1 Å². The fourth-order valence-electron chi connectivity index (χ4n) is 2.80. The third-order valence-corrected chi connectivity index (χ3v) is 4.22. The van der Waals surface area contributed by atoms with E-state index in [4.69, 9.17) is 9.47 Å². The van der Waals surface area contributed by atoms with Crippen molar-refractivity contribution in [2.45, 2.75) is 32.9 Å². The quantitative estimate of drug-likeness (QED) is 0.445. The van der Waals surface area contributed by atoms with E-state index in [-0.39, 0.29) is 6.61 Å². The van der Waals surface area contributed by atoms with Crippen molar-refractivity contribution in [3.8, 4) is 11.5 Å². The first-order valence-corrected chi connectivity index (χ1v) is 9.23. The largest absolute Gasteiger partial charge is 0.493 e. The molecule has 0 spiro atoms. The molecule has 0 bridgehead atoms. The number of carbonyl (C=O) groups excluding carboxylic acids is 1. The van der Waals surface area contributed by atoms with E-state index in [0.29, 0.717) is 23.6 Å². The Bertz CT molecular complexity index is 775. The summed E-state index contributed by atoms with van der Waals surface area (Å²) < 4.78 is 17.5. The molecule has 8 nitrogen and oxygen atoms in total. The minimum absolute atomic E-state index is 0.110. The number of aromatic nitrogens is 2. The predicted molar refractivity (Wildman–Crippen MR) is 105 cm³/mol. The Kier molecular flexibility index (Phi) is 8.28. The minimum Gasteiger partial charge on any atom is -0.493 e. The van der Waals surface area contributed by atoms with E-state index >= 15 is 0 Å². The molecule has 154 valence electrons. The molecule has 8 heteroatoms. The minimum atomic E-state index is -0.668. The van der Waals surface area contributed by atoms with Crippen LogP contribution in [0.5, 0.6) is 11.5 Å². The van der Waals surface area contributed by atoms with Crippen molar-refractivity contribution in [3.05, 3.63) is 41.2 Å². The summed E-state index contributed by atoms with van der Waals surface area (Å²) in [6.07, 6.45) is 0.247. The molecular formula is C20H29N3O5. The monoisotopic (exact) mass is 391 g/mol. The summed E-state index contributed by atoms with van der Waals surface area (Å²) in [6.45, 7) is 6.16. The SMILES string of the molecule is COC(=O)c1ccc(OCC(O)CNCCCn2nc(C)cc2C)c(OC)c1. The third kappa shape index (κ3) is 6.24. The van der Waals surface area contributed by atoms with Crippen LogP contribution in [0.25, 0.3) is 0 Å². The van der Waals surface area contributed by atoms with Crippen LogP contribution >= 0.6 is 0 Å². The second kappa shape index (κ2) is 10.7. The number of esters is 1. The molecule has 1 heterocycles. The molecule has 1 atom stereocenters. The van der Waals surface area contributed by atoms with Crippen LogP contribution in [0.4, 0.5) is 0 Å². The van der Waals surface area contributed by atoms with Gasteiger partial charge in [0.1, 0.15) is 12.7 Å². The highest BCUT2D eigenvalue weighted by Gasteiger charge is 2.13. The predicted octanol–water partition coefficient (Wildman–Crippen LogP) is 1.71. The lowest BCUT2D eigenvalue weighted by molar-refractivity contribution is 0.0600. The second-order valence-corrected chi connectivity index (χ2v) is 6.53. The molecule has 1 aromatic heterocycles. The van der Waals surface area contributed by atoms with Gasteiger partial charge in [-0.2, -0.15) is 5.10 Å². The van der Waals surface area contributed by atoms with E-state index in [0.717, 1.165) is 30.9 Å². The summed E-state index contributed by atoms with van der Waals surface area (Å²) in [6, 6.07) is 6.82. The molecule has 0 saturated carbocycles. The number of benzene rings is 1. The summed E-state index contributed by atoms with van der Waals surface area (Å²) in [5.74, 6) is 0.418. The number of nitrogens with zero attached hydrogens (tertiary/aromatic N) is 2. The molecule has 2 N–H and O–H groups in total. The van der Waals surface area contributed by atoms with Crippen molar-refractivity contribution < 1.29 is 24.1 Å². The molecule has 1 aromatic carbocycles. The lowest BCUT2D eigenvalue weighted by atomic mass is 10.2. The van der Waals surface area contributed by atoms with Gasteiger partial charge in [0.25, 0.3) is 0 Å². The van der Waals surface area contributed by atoms with Gasteiger partial charge in [-0.3, -0.25) is 4.68 Å². The van der Waals surface area contributed by atoms with Crippen LogP contribution in [-0.2, 0) is 11.3 Å². The Morgan fingerprint density at radius 1 is 1.25 bits per heavy atom.